The molecule has 0 spiro atoms. The summed E-state index contributed by atoms with van der Waals surface area (Å²) in [6.07, 6.45) is 7.66. The maximum Gasteiger partial charge on any atom is 0.272 e. The van der Waals surface area contributed by atoms with Crippen molar-refractivity contribution in [2.45, 2.75) is 43.0 Å². The zero-order valence-electron chi connectivity index (χ0n) is 10.0. The number of amides is 1. The minimum absolute atomic E-state index is 0.0676. The fourth-order valence-electron chi connectivity index (χ4n) is 2.20. The van der Waals surface area contributed by atoms with Gasteiger partial charge in [-0.05, 0) is 18.9 Å². The number of aromatic nitrogens is 2. The number of carbonyl (C=O) groups is 1. The highest BCUT2D eigenvalue weighted by Crippen LogP contribution is 2.23. The highest BCUT2D eigenvalue weighted by Gasteiger charge is 2.23. The van der Waals surface area contributed by atoms with E-state index in [1.807, 2.05) is 7.05 Å². The van der Waals surface area contributed by atoms with Crippen molar-refractivity contribution >= 4 is 21.8 Å². The Morgan fingerprint density at radius 2 is 2.24 bits per heavy atom. The second kappa shape index (κ2) is 5.67. The van der Waals surface area contributed by atoms with Gasteiger partial charge in [0.05, 0.1) is 0 Å². The predicted molar refractivity (Wildman–Crippen MR) is 70.3 cm³/mol. The van der Waals surface area contributed by atoms with Crippen molar-refractivity contribution in [2.24, 2.45) is 7.05 Å². The molecule has 0 bridgehead atoms. The third kappa shape index (κ3) is 3.31. The lowest BCUT2D eigenvalue weighted by Crippen LogP contribution is -2.40. The number of halogens is 1. The van der Waals surface area contributed by atoms with Crippen molar-refractivity contribution in [3.8, 4) is 0 Å². The second-order valence-corrected chi connectivity index (χ2v) is 5.78. The molecule has 0 radical (unpaired) electrons. The number of nitrogens with zero attached hydrogens (tertiary/aromatic N) is 2. The van der Waals surface area contributed by atoms with E-state index in [4.69, 9.17) is 0 Å². The van der Waals surface area contributed by atoms with Crippen LogP contribution in [-0.4, -0.2) is 26.6 Å². The largest absolute Gasteiger partial charge is 0.347 e. The maximum atomic E-state index is 12.0. The zero-order valence-corrected chi connectivity index (χ0v) is 11.6. The van der Waals surface area contributed by atoms with Gasteiger partial charge in [-0.15, -0.1) is 0 Å². The van der Waals surface area contributed by atoms with Crippen LogP contribution in [0, 0.1) is 0 Å². The fourth-order valence-corrected chi connectivity index (χ4v) is 2.92. The summed E-state index contributed by atoms with van der Waals surface area (Å²) in [5, 5.41) is 7.19. The topological polar surface area (TPSA) is 46.9 Å². The van der Waals surface area contributed by atoms with Crippen LogP contribution >= 0.6 is 15.9 Å². The van der Waals surface area contributed by atoms with Crippen molar-refractivity contribution in [2.75, 3.05) is 0 Å². The van der Waals surface area contributed by atoms with Crippen LogP contribution in [0.3, 0.4) is 0 Å². The molecule has 5 heteroatoms. The van der Waals surface area contributed by atoms with Crippen molar-refractivity contribution < 1.29 is 4.79 Å². The second-order valence-electron chi connectivity index (χ2n) is 4.61. The Bertz CT molecular complexity index is 391. The molecule has 2 atom stereocenters. The lowest BCUT2D eigenvalue weighted by molar-refractivity contribution is 0.0929. The quantitative estimate of drug-likeness (QED) is 0.672. The molecule has 17 heavy (non-hydrogen) atoms. The summed E-state index contributed by atoms with van der Waals surface area (Å²) in [6.45, 7) is 0. The van der Waals surface area contributed by atoms with Crippen LogP contribution in [-0.2, 0) is 7.05 Å². The zero-order chi connectivity index (χ0) is 12.3. The molecule has 2 rings (SSSR count). The van der Waals surface area contributed by atoms with E-state index in [0.717, 1.165) is 12.8 Å². The lowest BCUT2D eigenvalue weighted by atomic mass is 10.1. The summed E-state index contributed by atoms with van der Waals surface area (Å²) < 4.78 is 1.65. The molecule has 1 aromatic rings. The first-order chi connectivity index (χ1) is 8.16. The molecule has 1 saturated carbocycles. The highest BCUT2D eigenvalue weighted by atomic mass is 79.9. The predicted octanol–water partition coefficient (Wildman–Crippen LogP) is 2.25. The van der Waals surface area contributed by atoms with E-state index in [0.29, 0.717) is 10.5 Å². The van der Waals surface area contributed by atoms with Gasteiger partial charge in [-0.3, -0.25) is 9.48 Å². The van der Waals surface area contributed by atoms with Crippen molar-refractivity contribution in [1.82, 2.24) is 15.1 Å². The molecule has 1 amide bonds. The minimum atomic E-state index is -0.0676. The first kappa shape index (κ1) is 12.6. The SMILES string of the molecule is Cn1ccc(C(=O)NC2CCCCCC2Br)n1. The molecule has 1 N–H and O–H groups in total. The third-order valence-electron chi connectivity index (χ3n) is 3.19. The molecule has 2 unspecified atom stereocenters. The molecule has 1 aliphatic rings. The van der Waals surface area contributed by atoms with Crippen LogP contribution in [0.2, 0.25) is 0 Å². The molecule has 0 saturated heterocycles. The summed E-state index contributed by atoms with van der Waals surface area (Å²) in [6, 6.07) is 1.97. The summed E-state index contributed by atoms with van der Waals surface area (Å²) in [5.74, 6) is -0.0676. The van der Waals surface area contributed by atoms with E-state index in [9.17, 15) is 4.79 Å². The maximum absolute atomic E-state index is 12.0. The van der Waals surface area contributed by atoms with Crippen molar-refractivity contribution in [3.63, 3.8) is 0 Å². The summed E-state index contributed by atoms with van der Waals surface area (Å²) in [7, 11) is 1.82. The monoisotopic (exact) mass is 299 g/mol. The summed E-state index contributed by atoms with van der Waals surface area (Å²) in [4.78, 5) is 12.4. The molecular formula is C12H18BrN3O. The molecule has 0 aliphatic heterocycles. The first-order valence-corrected chi connectivity index (χ1v) is 7.03. The van der Waals surface area contributed by atoms with Gasteiger partial charge in [0, 0.05) is 24.1 Å². The summed E-state index contributed by atoms with van der Waals surface area (Å²) in [5.41, 5.74) is 0.497. The molecule has 1 aromatic heterocycles. The average Bonchev–Trinajstić information content (AvgIpc) is 2.63. The molecule has 4 nitrogen and oxygen atoms in total. The number of alkyl halides is 1. The van der Waals surface area contributed by atoms with Crippen molar-refractivity contribution in [3.05, 3.63) is 18.0 Å². The Hall–Kier alpha value is -0.840. The number of hydrogen-bond donors (Lipinski definition) is 1. The van der Waals surface area contributed by atoms with Crippen LogP contribution in [0.5, 0.6) is 0 Å². The van der Waals surface area contributed by atoms with E-state index in [2.05, 4.69) is 26.3 Å². The third-order valence-corrected chi connectivity index (χ3v) is 4.29. The van der Waals surface area contributed by atoms with Gasteiger partial charge in [0.25, 0.3) is 5.91 Å². The number of rotatable bonds is 2. The van der Waals surface area contributed by atoms with Crippen molar-refractivity contribution in [1.29, 1.82) is 0 Å². The van der Waals surface area contributed by atoms with Gasteiger partial charge < -0.3 is 5.32 Å². The Morgan fingerprint density at radius 3 is 2.94 bits per heavy atom. The van der Waals surface area contributed by atoms with E-state index < -0.39 is 0 Å². The van der Waals surface area contributed by atoms with Gasteiger partial charge in [0.15, 0.2) is 0 Å². The number of aryl methyl sites for hydroxylation is 1. The van der Waals surface area contributed by atoms with Gasteiger partial charge >= 0.3 is 0 Å². The number of carbonyl (C=O) groups excluding carboxylic acids is 1. The lowest BCUT2D eigenvalue weighted by Gasteiger charge is -2.20. The van der Waals surface area contributed by atoms with E-state index in [1.165, 1.54) is 19.3 Å². The van der Waals surface area contributed by atoms with Gasteiger partial charge in [-0.2, -0.15) is 5.10 Å². The Balaban J connectivity index is 1.97. The van der Waals surface area contributed by atoms with Gasteiger partial charge in [0.2, 0.25) is 0 Å². The highest BCUT2D eigenvalue weighted by molar-refractivity contribution is 9.09. The van der Waals surface area contributed by atoms with E-state index >= 15 is 0 Å². The van der Waals surface area contributed by atoms with Gasteiger partial charge in [-0.1, -0.05) is 35.2 Å². The molecule has 1 aliphatic carbocycles. The van der Waals surface area contributed by atoms with Crippen LogP contribution < -0.4 is 5.32 Å². The van der Waals surface area contributed by atoms with E-state index in [-0.39, 0.29) is 11.9 Å². The minimum Gasteiger partial charge on any atom is -0.347 e. The summed E-state index contributed by atoms with van der Waals surface area (Å²) >= 11 is 3.67. The Morgan fingerprint density at radius 1 is 1.47 bits per heavy atom. The fraction of sp³-hybridized carbons (Fsp3) is 0.667. The number of nitrogens with one attached hydrogen (secondary N) is 1. The molecular weight excluding hydrogens is 282 g/mol. The van der Waals surface area contributed by atoms with Crippen LogP contribution in [0.1, 0.15) is 42.6 Å². The first-order valence-electron chi connectivity index (χ1n) is 6.11. The molecule has 94 valence electrons. The van der Waals surface area contributed by atoms with Gasteiger partial charge in [-0.25, -0.2) is 0 Å². The van der Waals surface area contributed by atoms with E-state index in [1.54, 1.807) is 16.9 Å². The smallest absolute Gasteiger partial charge is 0.272 e. The average molecular weight is 300 g/mol. The van der Waals surface area contributed by atoms with Crippen LogP contribution in [0.4, 0.5) is 0 Å². The Kier molecular flexibility index (Phi) is 4.20. The standard InChI is InChI=1S/C12H18BrN3O/c1-16-8-7-11(15-16)12(17)14-10-6-4-2-3-5-9(10)13/h7-10H,2-6H2,1H3,(H,14,17). The molecule has 1 heterocycles. The van der Waals surface area contributed by atoms with Crippen LogP contribution in [0.15, 0.2) is 12.3 Å². The number of hydrogen-bond acceptors (Lipinski definition) is 2. The Labute approximate surface area is 110 Å². The molecule has 1 fully saturated rings. The molecule has 0 aromatic carbocycles. The van der Waals surface area contributed by atoms with Crippen LogP contribution in [0.25, 0.3) is 0 Å². The van der Waals surface area contributed by atoms with Gasteiger partial charge in [0.1, 0.15) is 5.69 Å². The normalized spacial score (nSPS) is 25.3.